The topological polar surface area (TPSA) is 18.5 Å². The SMILES string of the molecule is CCOCCCOc1c(F)cc(CBr)cc1F. The molecule has 0 heterocycles. The molecule has 5 heteroatoms. The Morgan fingerprint density at radius 1 is 1.18 bits per heavy atom. The summed E-state index contributed by atoms with van der Waals surface area (Å²) in [5.74, 6) is -1.65. The predicted molar refractivity (Wildman–Crippen MR) is 65.6 cm³/mol. The number of halogens is 3. The van der Waals surface area contributed by atoms with Crippen LogP contribution in [0.25, 0.3) is 0 Å². The lowest BCUT2D eigenvalue weighted by atomic mass is 10.2. The van der Waals surface area contributed by atoms with E-state index in [1.807, 2.05) is 6.92 Å². The molecule has 0 N–H and O–H groups in total. The maximum Gasteiger partial charge on any atom is 0.190 e. The van der Waals surface area contributed by atoms with Crippen LogP contribution < -0.4 is 4.74 Å². The highest BCUT2D eigenvalue weighted by Crippen LogP contribution is 2.24. The van der Waals surface area contributed by atoms with Crippen molar-refractivity contribution < 1.29 is 18.3 Å². The maximum absolute atomic E-state index is 13.5. The molecule has 0 saturated heterocycles. The summed E-state index contributed by atoms with van der Waals surface area (Å²) in [5, 5.41) is 0.408. The molecular formula is C12H15BrF2O2. The van der Waals surface area contributed by atoms with E-state index in [-0.39, 0.29) is 12.4 Å². The van der Waals surface area contributed by atoms with Gasteiger partial charge in [-0.1, -0.05) is 15.9 Å². The van der Waals surface area contributed by atoms with Gasteiger partial charge in [0.2, 0.25) is 0 Å². The van der Waals surface area contributed by atoms with Crippen molar-refractivity contribution in [2.75, 3.05) is 19.8 Å². The Labute approximate surface area is 108 Å². The van der Waals surface area contributed by atoms with Crippen molar-refractivity contribution in [3.8, 4) is 5.75 Å². The van der Waals surface area contributed by atoms with Gasteiger partial charge in [-0.2, -0.15) is 0 Å². The Morgan fingerprint density at radius 2 is 1.82 bits per heavy atom. The van der Waals surface area contributed by atoms with E-state index in [1.54, 1.807) is 0 Å². The van der Waals surface area contributed by atoms with Crippen molar-refractivity contribution in [2.45, 2.75) is 18.7 Å². The Bertz CT molecular complexity index is 335. The van der Waals surface area contributed by atoms with E-state index in [9.17, 15) is 8.78 Å². The number of hydrogen-bond donors (Lipinski definition) is 0. The summed E-state index contributed by atoms with van der Waals surface area (Å²) in [6, 6.07) is 2.52. The first-order chi connectivity index (χ1) is 8.19. The third-order valence-corrected chi connectivity index (χ3v) is 2.74. The van der Waals surface area contributed by atoms with Gasteiger partial charge in [-0.15, -0.1) is 0 Å². The van der Waals surface area contributed by atoms with Crippen LogP contribution in [0.2, 0.25) is 0 Å². The fourth-order valence-corrected chi connectivity index (χ4v) is 1.63. The quantitative estimate of drug-likeness (QED) is 0.565. The Kier molecular flexibility index (Phi) is 6.44. The summed E-state index contributed by atoms with van der Waals surface area (Å²) in [5.41, 5.74) is 0.543. The van der Waals surface area contributed by atoms with Crippen LogP contribution in [0.1, 0.15) is 18.9 Å². The zero-order chi connectivity index (χ0) is 12.7. The van der Waals surface area contributed by atoms with E-state index in [0.717, 1.165) is 0 Å². The molecule has 1 aromatic carbocycles. The molecule has 0 spiro atoms. The first-order valence-corrected chi connectivity index (χ1v) is 6.55. The third-order valence-electron chi connectivity index (χ3n) is 2.10. The monoisotopic (exact) mass is 308 g/mol. The normalized spacial score (nSPS) is 10.6. The first-order valence-electron chi connectivity index (χ1n) is 5.43. The molecule has 2 nitrogen and oxygen atoms in total. The van der Waals surface area contributed by atoms with Gasteiger partial charge in [0.1, 0.15) is 0 Å². The second-order valence-electron chi connectivity index (χ2n) is 3.42. The van der Waals surface area contributed by atoms with Gasteiger partial charge in [0.05, 0.1) is 6.61 Å². The molecule has 1 rings (SSSR count). The van der Waals surface area contributed by atoms with Crippen LogP contribution in [0.15, 0.2) is 12.1 Å². The molecule has 0 amide bonds. The van der Waals surface area contributed by atoms with E-state index in [2.05, 4.69) is 15.9 Å². The molecule has 17 heavy (non-hydrogen) atoms. The molecule has 0 aliphatic rings. The second-order valence-corrected chi connectivity index (χ2v) is 3.98. The second kappa shape index (κ2) is 7.61. The fourth-order valence-electron chi connectivity index (χ4n) is 1.31. The summed E-state index contributed by atoms with van der Waals surface area (Å²) in [7, 11) is 0. The lowest BCUT2D eigenvalue weighted by molar-refractivity contribution is 0.129. The largest absolute Gasteiger partial charge is 0.488 e. The standard InChI is InChI=1S/C12H15BrF2O2/c1-2-16-4-3-5-17-12-10(14)6-9(8-13)7-11(12)15/h6-7H,2-5,8H2,1H3. The Balaban J connectivity index is 2.53. The van der Waals surface area contributed by atoms with Crippen LogP contribution in [-0.2, 0) is 10.1 Å². The summed E-state index contributed by atoms with van der Waals surface area (Å²) in [6.07, 6.45) is 0.604. The number of ether oxygens (including phenoxy) is 2. The molecule has 0 unspecified atom stereocenters. The van der Waals surface area contributed by atoms with Crippen molar-refractivity contribution in [1.82, 2.24) is 0 Å². The average Bonchev–Trinajstić information content (AvgIpc) is 2.31. The van der Waals surface area contributed by atoms with Crippen LogP contribution in [0.3, 0.4) is 0 Å². The fraction of sp³-hybridized carbons (Fsp3) is 0.500. The van der Waals surface area contributed by atoms with Gasteiger partial charge in [0.25, 0.3) is 0 Å². The molecule has 0 fully saturated rings. The van der Waals surface area contributed by atoms with Crippen LogP contribution in [0, 0.1) is 11.6 Å². The van der Waals surface area contributed by atoms with E-state index in [1.165, 1.54) is 12.1 Å². The third kappa shape index (κ3) is 4.60. The highest BCUT2D eigenvalue weighted by molar-refractivity contribution is 9.08. The van der Waals surface area contributed by atoms with Crippen molar-refractivity contribution in [3.05, 3.63) is 29.3 Å². The van der Waals surface area contributed by atoms with Gasteiger partial charge in [0.15, 0.2) is 17.4 Å². The molecule has 0 aliphatic heterocycles. The summed E-state index contributed by atoms with van der Waals surface area (Å²) < 4.78 is 37.1. The molecule has 0 radical (unpaired) electrons. The van der Waals surface area contributed by atoms with E-state index in [4.69, 9.17) is 9.47 Å². The molecule has 0 bridgehead atoms. The van der Waals surface area contributed by atoms with Crippen molar-refractivity contribution in [3.63, 3.8) is 0 Å². The van der Waals surface area contributed by atoms with Gasteiger partial charge < -0.3 is 9.47 Å². The van der Waals surface area contributed by atoms with Crippen LogP contribution in [0.5, 0.6) is 5.75 Å². The van der Waals surface area contributed by atoms with E-state index in [0.29, 0.717) is 30.5 Å². The number of hydrogen-bond acceptors (Lipinski definition) is 2. The summed E-state index contributed by atoms with van der Waals surface area (Å²) in [6.45, 7) is 3.28. The zero-order valence-corrected chi connectivity index (χ0v) is 11.2. The van der Waals surface area contributed by atoms with E-state index < -0.39 is 11.6 Å². The first kappa shape index (κ1) is 14.4. The Morgan fingerprint density at radius 3 is 2.35 bits per heavy atom. The molecule has 0 atom stereocenters. The molecule has 96 valence electrons. The molecule has 0 saturated carbocycles. The average molecular weight is 309 g/mol. The maximum atomic E-state index is 13.5. The van der Waals surface area contributed by atoms with Gasteiger partial charge in [0, 0.05) is 25.0 Å². The Hall–Kier alpha value is -0.680. The highest BCUT2D eigenvalue weighted by Gasteiger charge is 2.12. The smallest absolute Gasteiger partial charge is 0.190 e. The van der Waals surface area contributed by atoms with Gasteiger partial charge in [-0.3, -0.25) is 0 Å². The molecule has 0 aliphatic carbocycles. The van der Waals surface area contributed by atoms with Crippen molar-refractivity contribution in [1.29, 1.82) is 0 Å². The number of alkyl halides is 1. The van der Waals surface area contributed by atoms with Crippen molar-refractivity contribution >= 4 is 15.9 Å². The zero-order valence-electron chi connectivity index (χ0n) is 9.64. The van der Waals surface area contributed by atoms with Crippen LogP contribution in [-0.4, -0.2) is 19.8 Å². The molecule has 0 aromatic heterocycles. The summed E-state index contributed by atoms with van der Waals surface area (Å²) >= 11 is 3.14. The minimum absolute atomic E-state index is 0.238. The number of rotatable bonds is 7. The number of benzene rings is 1. The minimum atomic E-state index is -0.671. The van der Waals surface area contributed by atoms with E-state index >= 15 is 0 Å². The van der Waals surface area contributed by atoms with Gasteiger partial charge >= 0.3 is 0 Å². The van der Waals surface area contributed by atoms with Crippen molar-refractivity contribution in [2.24, 2.45) is 0 Å². The minimum Gasteiger partial charge on any atom is -0.488 e. The van der Waals surface area contributed by atoms with Gasteiger partial charge in [-0.05, 0) is 24.6 Å². The van der Waals surface area contributed by atoms with Crippen LogP contribution in [0.4, 0.5) is 8.78 Å². The highest BCUT2D eigenvalue weighted by atomic mass is 79.9. The predicted octanol–water partition coefficient (Wildman–Crippen LogP) is 3.67. The van der Waals surface area contributed by atoms with Gasteiger partial charge in [-0.25, -0.2) is 8.78 Å². The lowest BCUT2D eigenvalue weighted by Gasteiger charge is -2.09. The molecular weight excluding hydrogens is 294 g/mol. The van der Waals surface area contributed by atoms with Crippen LogP contribution >= 0.6 is 15.9 Å². The summed E-state index contributed by atoms with van der Waals surface area (Å²) in [4.78, 5) is 0. The lowest BCUT2D eigenvalue weighted by Crippen LogP contribution is -2.05. The molecule has 1 aromatic rings.